The minimum Gasteiger partial charge on any atom is -0.311 e. The number of hydrogen-bond donors (Lipinski definition) is 1. The van der Waals surface area contributed by atoms with Crippen molar-refractivity contribution >= 4 is 9.84 Å². The molecule has 1 unspecified atom stereocenters. The van der Waals surface area contributed by atoms with E-state index in [1.807, 2.05) is 0 Å². The molecule has 1 rings (SSSR count). The van der Waals surface area contributed by atoms with Crippen LogP contribution in [0.2, 0.25) is 0 Å². The van der Waals surface area contributed by atoms with Gasteiger partial charge < -0.3 is 5.32 Å². The summed E-state index contributed by atoms with van der Waals surface area (Å²) in [5, 5.41) is 3.70. The van der Waals surface area contributed by atoms with Crippen molar-refractivity contribution in [2.24, 2.45) is 0 Å². The van der Waals surface area contributed by atoms with E-state index in [-0.39, 0.29) is 11.3 Å². The van der Waals surface area contributed by atoms with Gasteiger partial charge in [0, 0.05) is 30.4 Å². The van der Waals surface area contributed by atoms with Gasteiger partial charge in [-0.2, -0.15) is 0 Å². The number of rotatable bonds is 9. The SMILES string of the molecule is CCCC1CN(CCCS(=O)(=O)CC)C(CC)(CC)CN1. The Balaban J connectivity index is 2.66. The number of piperazine rings is 1. The van der Waals surface area contributed by atoms with Gasteiger partial charge in [-0.15, -0.1) is 0 Å². The molecule has 1 fully saturated rings. The number of sulfone groups is 1. The van der Waals surface area contributed by atoms with E-state index in [2.05, 4.69) is 31.0 Å². The van der Waals surface area contributed by atoms with E-state index in [4.69, 9.17) is 0 Å². The zero-order valence-corrected chi connectivity index (χ0v) is 15.1. The van der Waals surface area contributed by atoms with Crippen molar-refractivity contribution in [1.29, 1.82) is 0 Å². The van der Waals surface area contributed by atoms with Gasteiger partial charge in [0.1, 0.15) is 9.84 Å². The normalized spacial score (nSPS) is 23.3. The smallest absolute Gasteiger partial charge is 0.150 e. The van der Waals surface area contributed by atoms with Gasteiger partial charge in [-0.05, 0) is 32.2 Å². The third kappa shape index (κ3) is 5.22. The van der Waals surface area contributed by atoms with E-state index in [0.717, 1.165) is 38.9 Å². The van der Waals surface area contributed by atoms with E-state index in [0.29, 0.717) is 11.8 Å². The fourth-order valence-corrected chi connectivity index (χ4v) is 4.27. The predicted octanol–water partition coefficient (Wildman–Crippen LogP) is 2.44. The second kappa shape index (κ2) is 8.49. The molecule has 0 bridgehead atoms. The molecule has 0 amide bonds. The molecule has 1 aliphatic rings. The number of hydrogen-bond acceptors (Lipinski definition) is 4. The summed E-state index contributed by atoms with van der Waals surface area (Å²) in [6, 6.07) is 0.559. The van der Waals surface area contributed by atoms with Crippen LogP contribution >= 0.6 is 0 Å². The van der Waals surface area contributed by atoms with Gasteiger partial charge in [-0.25, -0.2) is 8.42 Å². The molecule has 0 radical (unpaired) electrons. The summed E-state index contributed by atoms with van der Waals surface area (Å²) < 4.78 is 23.4. The summed E-state index contributed by atoms with van der Waals surface area (Å²) in [5.74, 6) is 0.592. The topological polar surface area (TPSA) is 49.4 Å². The number of nitrogens with zero attached hydrogens (tertiary/aromatic N) is 1. The van der Waals surface area contributed by atoms with Crippen molar-refractivity contribution in [3.8, 4) is 0 Å². The minimum atomic E-state index is -2.84. The average molecular weight is 319 g/mol. The fourth-order valence-electron chi connectivity index (χ4n) is 3.41. The average Bonchev–Trinajstić information content (AvgIpc) is 2.48. The number of nitrogens with one attached hydrogen (secondary N) is 1. The van der Waals surface area contributed by atoms with Crippen LogP contribution in [-0.4, -0.2) is 56.0 Å². The Hall–Kier alpha value is -0.130. The monoisotopic (exact) mass is 318 g/mol. The molecule has 4 nitrogen and oxygen atoms in total. The van der Waals surface area contributed by atoms with Crippen LogP contribution in [0.25, 0.3) is 0 Å². The van der Waals surface area contributed by atoms with Crippen LogP contribution in [0.15, 0.2) is 0 Å². The van der Waals surface area contributed by atoms with Gasteiger partial charge in [0.2, 0.25) is 0 Å². The van der Waals surface area contributed by atoms with E-state index < -0.39 is 9.84 Å². The summed E-state index contributed by atoms with van der Waals surface area (Å²) in [6.45, 7) is 11.5. The van der Waals surface area contributed by atoms with E-state index in [1.165, 1.54) is 12.8 Å². The molecule has 1 N–H and O–H groups in total. The molecule has 0 aromatic heterocycles. The van der Waals surface area contributed by atoms with Gasteiger partial charge >= 0.3 is 0 Å². The third-order valence-electron chi connectivity index (χ3n) is 5.11. The molecule has 1 aliphatic heterocycles. The molecule has 0 spiro atoms. The second-order valence-corrected chi connectivity index (χ2v) is 8.81. The standard InChI is InChI=1S/C16H34N2O2S/c1-5-10-15-13-18(11-9-12-21(19,20)8-4)16(6-2,7-3)14-17-15/h15,17H,5-14H2,1-4H3. The van der Waals surface area contributed by atoms with Crippen molar-refractivity contribution in [3.05, 3.63) is 0 Å². The van der Waals surface area contributed by atoms with E-state index >= 15 is 0 Å². The Morgan fingerprint density at radius 3 is 2.38 bits per heavy atom. The summed E-state index contributed by atoms with van der Waals surface area (Å²) in [7, 11) is -2.84. The Morgan fingerprint density at radius 2 is 1.86 bits per heavy atom. The fraction of sp³-hybridized carbons (Fsp3) is 1.00. The summed E-state index contributed by atoms with van der Waals surface area (Å²) in [4.78, 5) is 2.56. The Morgan fingerprint density at radius 1 is 1.19 bits per heavy atom. The first-order chi connectivity index (χ1) is 9.93. The molecule has 5 heteroatoms. The highest BCUT2D eigenvalue weighted by molar-refractivity contribution is 7.91. The van der Waals surface area contributed by atoms with Crippen molar-refractivity contribution in [2.75, 3.05) is 31.1 Å². The summed E-state index contributed by atoms with van der Waals surface area (Å²) in [6.07, 6.45) is 5.40. The molecule has 126 valence electrons. The van der Waals surface area contributed by atoms with Crippen molar-refractivity contribution in [3.63, 3.8) is 0 Å². The van der Waals surface area contributed by atoms with Gasteiger partial charge in [-0.3, -0.25) is 4.90 Å². The van der Waals surface area contributed by atoms with Crippen LogP contribution in [0, 0.1) is 0 Å². The lowest BCUT2D eigenvalue weighted by Crippen LogP contribution is -2.64. The lowest BCUT2D eigenvalue weighted by Gasteiger charge is -2.50. The summed E-state index contributed by atoms with van der Waals surface area (Å²) >= 11 is 0. The quantitative estimate of drug-likeness (QED) is 0.709. The Bertz CT molecular complexity index is 391. The van der Waals surface area contributed by atoms with Crippen molar-refractivity contribution in [1.82, 2.24) is 10.2 Å². The van der Waals surface area contributed by atoms with Crippen LogP contribution in [0.3, 0.4) is 0 Å². The zero-order valence-electron chi connectivity index (χ0n) is 14.3. The zero-order chi connectivity index (χ0) is 15.9. The molecular formula is C16H34N2O2S. The predicted molar refractivity (Wildman–Crippen MR) is 90.5 cm³/mol. The maximum absolute atomic E-state index is 11.7. The first-order valence-electron chi connectivity index (χ1n) is 8.61. The lowest BCUT2D eigenvalue weighted by molar-refractivity contribution is 0.0301. The highest BCUT2D eigenvalue weighted by Gasteiger charge is 2.38. The van der Waals surface area contributed by atoms with Gasteiger partial charge in [0.25, 0.3) is 0 Å². The second-order valence-electron chi connectivity index (χ2n) is 6.33. The third-order valence-corrected chi connectivity index (χ3v) is 6.90. The lowest BCUT2D eigenvalue weighted by atomic mass is 9.86. The van der Waals surface area contributed by atoms with Gasteiger partial charge in [0.05, 0.1) is 5.75 Å². The Labute approximate surface area is 131 Å². The highest BCUT2D eigenvalue weighted by atomic mass is 32.2. The molecule has 0 aromatic carbocycles. The minimum absolute atomic E-state index is 0.209. The molecular weight excluding hydrogens is 284 g/mol. The first-order valence-corrected chi connectivity index (χ1v) is 10.4. The van der Waals surface area contributed by atoms with Crippen LogP contribution in [0.1, 0.15) is 59.8 Å². The van der Waals surface area contributed by atoms with Crippen LogP contribution < -0.4 is 5.32 Å². The van der Waals surface area contributed by atoms with Crippen LogP contribution in [0.5, 0.6) is 0 Å². The Kier molecular flexibility index (Phi) is 7.65. The van der Waals surface area contributed by atoms with Gasteiger partial charge in [-0.1, -0.05) is 34.1 Å². The van der Waals surface area contributed by atoms with Gasteiger partial charge in [0.15, 0.2) is 0 Å². The molecule has 1 heterocycles. The maximum Gasteiger partial charge on any atom is 0.150 e. The van der Waals surface area contributed by atoms with E-state index in [1.54, 1.807) is 6.92 Å². The molecule has 1 atom stereocenters. The van der Waals surface area contributed by atoms with Crippen molar-refractivity contribution in [2.45, 2.75) is 71.4 Å². The van der Waals surface area contributed by atoms with E-state index in [9.17, 15) is 8.42 Å². The van der Waals surface area contributed by atoms with Crippen LogP contribution in [0.4, 0.5) is 0 Å². The van der Waals surface area contributed by atoms with Crippen LogP contribution in [-0.2, 0) is 9.84 Å². The maximum atomic E-state index is 11.7. The highest BCUT2D eigenvalue weighted by Crippen LogP contribution is 2.28. The molecule has 0 aliphatic carbocycles. The molecule has 0 saturated carbocycles. The molecule has 0 aromatic rings. The molecule has 1 saturated heterocycles. The largest absolute Gasteiger partial charge is 0.311 e. The molecule has 21 heavy (non-hydrogen) atoms. The van der Waals surface area contributed by atoms with Crippen molar-refractivity contribution < 1.29 is 8.42 Å². The summed E-state index contributed by atoms with van der Waals surface area (Å²) in [5.41, 5.74) is 0.209. The first kappa shape index (κ1) is 18.9.